The van der Waals surface area contributed by atoms with E-state index in [0.717, 1.165) is 31.4 Å². The Labute approximate surface area is 132 Å². The highest BCUT2D eigenvalue weighted by Crippen LogP contribution is 2.56. The third kappa shape index (κ3) is 2.91. The van der Waals surface area contributed by atoms with Crippen LogP contribution in [0.5, 0.6) is 0 Å². The maximum Gasteiger partial charge on any atom is 0.306 e. The normalized spacial score (nSPS) is 26.1. The van der Waals surface area contributed by atoms with Crippen LogP contribution in [0.25, 0.3) is 0 Å². The highest BCUT2D eigenvalue weighted by atomic mass is 16.6. The molecule has 1 aromatic rings. The fraction of sp³-hybridized carbons (Fsp3) is 0.765. The molecule has 2 aliphatic carbocycles. The topological polar surface area (TPSA) is 53.4 Å². The number of rotatable bonds is 6. The van der Waals surface area contributed by atoms with Gasteiger partial charge in [0.25, 0.3) is 0 Å². The van der Waals surface area contributed by atoms with E-state index in [-0.39, 0.29) is 23.6 Å². The van der Waals surface area contributed by atoms with Crippen LogP contribution in [0.15, 0.2) is 12.4 Å². The van der Waals surface area contributed by atoms with Gasteiger partial charge in [0.15, 0.2) is 0 Å². The lowest BCUT2D eigenvalue weighted by Crippen LogP contribution is -2.58. The van der Waals surface area contributed by atoms with Crippen LogP contribution >= 0.6 is 0 Å². The Morgan fingerprint density at radius 3 is 2.82 bits per heavy atom. The van der Waals surface area contributed by atoms with Crippen LogP contribution in [-0.2, 0) is 27.7 Å². The highest BCUT2D eigenvalue weighted by molar-refractivity contribution is 5.70. The molecule has 0 radical (unpaired) electrons. The molecule has 1 aromatic heterocycles. The molecule has 2 saturated carbocycles. The summed E-state index contributed by atoms with van der Waals surface area (Å²) >= 11 is 0. The number of carbonyl (C=O) groups is 1. The number of nitrogens with zero attached hydrogens (tertiary/aromatic N) is 2. The van der Waals surface area contributed by atoms with Gasteiger partial charge in [-0.25, -0.2) is 0 Å². The van der Waals surface area contributed by atoms with Crippen LogP contribution in [0.3, 0.4) is 0 Å². The monoisotopic (exact) mass is 306 g/mol. The third-order valence-electron chi connectivity index (χ3n) is 5.26. The standard InChI is InChI=1S/C17H26N2O3/c1-3-21-14-10-15(17(14)8-4-5-9-17)22-16(20)7-6-13-11-18-19(2)12-13/h11-12,14-15H,3-10H2,1-2H3. The van der Waals surface area contributed by atoms with E-state index in [4.69, 9.17) is 9.47 Å². The largest absolute Gasteiger partial charge is 0.462 e. The quantitative estimate of drug-likeness (QED) is 0.758. The van der Waals surface area contributed by atoms with Crippen LogP contribution < -0.4 is 0 Å². The highest BCUT2D eigenvalue weighted by Gasteiger charge is 2.58. The van der Waals surface area contributed by atoms with Gasteiger partial charge in [0.05, 0.1) is 12.3 Å². The molecular weight excluding hydrogens is 280 g/mol. The SMILES string of the molecule is CCOC1CC(OC(=O)CCc2cnn(C)c2)C12CCCC2. The molecule has 1 spiro atoms. The lowest BCUT2D eigenvalue weighted by atomic mass is 9.62. The fourth-order valence-electron chi connectivity index (χ4n) is 4.05. The number of hydrogen-bond donors (Lipinski definition) is 0. The van der Waals surface area contributed by atoms with Crippen molar-refractivity contribution in [2.45, 2.75) is 64.1 Å². The van der Waals surface area contributed by atoms with Gasteiger partial charge < -0.3 is 9.47 Å². The Morgan fingerprint density at radius 2 is 2.18 bits per heavy atom. The minimum Gasteiger partial charge on any atom is -0.462 e. The zero-order chi connectivity index (χ0) is 15.6. The van der Waals surface area contributed by atoms with Crippen molar-refractivity contribution in [1.29, 1.82) is 0 Å². The molecule has 1 heterocycles. The lowest BCUT2D eigenvalue weighted by Gasteiger charge is -2.52. The molecule has 5 heteroatoms. The van der Waals surface area contributed by atoms with E-state index in [1.165, 1.54) is 12.8 Å². The molecule has 0 amide bonds. The van der Waals surface area contributed by atoms with Gasteiger partial charge in [-0.1, -0.05) is 12.8 Å². The maximum absolute atomic E-state index is 12.1. The molecule has 22 heavy (non-hydrogen) atoms. The third-order valence-corrected chi connectivity index (χ3v) is 5.26. The average molecular weight is 306 g/mol. The molecule has 0 aromatic carbocycles. The Bertz CT molecular complexity index is 520. The molecule has 0 bridgehead atoms. The summed E-state index contributed by atoms with van der Waals surface area (Å²) in [5, 5.41) is 4.12. The molecule has 2 unspecified atom stereocenters. The summed E-state index contributed by atoms with van der Waals surface area (Å²) < 4.78 is 13.4. The number of ether oxygens (including phenoxy) is 2. The molecule has 5 nitrogen and oxygen atoms in total. The summed E-state index contributed by atoms with van der Waals surface area (Å²) in [5.74, 6) is -0.0879. The second-order valence-electron chi connectivity index (χ2n) is 6.62. The summed E-state index contributed by atoms with van der Waals surface area (Å²) in [6.07, 6.45) is 10.8. The lowest BCUT2D eigenvalue weighted by molar-refractivity contribution is -0.211. The molecule has 122 valence electrons. The van der Waals surface area contributed by atoms with Gasteiger partial charge >= 0.3 is 5.97 Å². The number of hydrogen-bond acceptors (Lipinski definition) is 4. The first-order chi connectivity index (χ1) is 10.6. The van der Waals surface area contributed by atoms with Crippen molar-refractivity contribution >= 4 is 5.97 Å². The van der Waals surface area contributed by atoms with E-state index in [9.17, 15) is 4.79 Å². The molecule has 2 aliphatic rings. The van der Waals surface area contributed by atoms with Gasteiger partial charge in [-0.3, -0.25) is 9.48 Å². The van der Waals surface area contributed by atoms with Crippen LogP contribution in [0, 0.1) is 5.41 Å². The van der Waals surface area contributed by atoms with Gasteiger partial charge in [-0.15, -0.1) is 0 Å². The van der Waals surface area contributed by atoms with Crippen LogP contribution in [0.1, 0.15) is 51.0 Å². The number of carbonyl (C=O) groups excluding carboxylic acids is 1. The number of esters is 1. The Hall–Kier alpha value is -1.36. The van der Waals surface area contributed by atoms with E-state index in [1.807, 2.05) is 20.2 Å². The first kappa shape index (κ1) is 15.5. The zero-order valence-corrected chi connectivity index (χ0v) is 13.6. The van der Waals surface area contributed by atoms with Crippen LogP contribution in [0.2, 0.25) is 0 Å². The smallest absolute Gasteiger partial charge is 0.306 e. The van der Waals surface area contributed by atoms with Gasteiger partial charge in [0.2, 0.25) is 0 Å². The predicted octanol–water partition coefficient (Wildman–Crippen LogP) is 2.63. The second-order valence-corrected chi connectivity index (χ2v) is 6.62. The Morgan fingerprint density at radius 1 is 1.41 bits per heavy atom. The van der Waals surface area contributed by atoms with Crippen molar-refractivity contribution in [3.63, 3.8) is 0 Å². The van der Waals surface area contributed by atoms with Gasteiger partial charge in [-0.2, -0.15) is 5.10 Å². The van der Waals surface area contributed by atoms with Gasteiger partial charge in [0.1, 0.15) is 6.10 Å². The maximum atomic E-state index is 12.1. The fourth-order valence-corrected chi connectivity index (χ4v) is 4.05. The predicted molar refractivity (Wildman–Crippen MR) is 82.3 cm³/mol. The molecule has 2 fully saturated rings. The molecule has 0 saturated heterocycles. The first-order valence-electron chi connectivity index (χ1n) is 8.42. The van der Waals surface area contributed by atoms with Gasteiger partial charge in [-0.05, 0) is 31.7 Å². The van der Waals surface area contributed by atoms with Crippen molar-refractivity contribution in [1.82, 2.24) is 9.78 Å². The van der Waals surface area contributed by atoms with Crippen molar-refractivity contribution in [2.24, 2.45) is 12.5 Å². The summed E-state index contributed by atoms with van der Waals surface area (Å²) in [6, 6.07) is 0. The first-order valence-corrected chi connectivity index (χ1v) is 8.42. The zero-order valence-electron chi connectivity index (χ0n) is 13.6. The molecule has 0 N–H and O–H groups in total. The average Bonchev–Trinajstić information content (AvgIpc) is 3.14. The van der Waals surface area contributed by atoms with Crippen molar-refractivity contribution in [2.75, 3.05) is 6.61 Å². The molecule has 3 rings (SSSR count). The van der Waals surface area contributed by atoms with Crippen molar-refractivity contribution in [3.05, 3.63) is 18.0 Å². The van der Waals surface area contributed by atoms with E-state index in [0.29, 0.717) is 12.8 Å². The summed E-state index contributed by atoms with van der Waals surface area (Å²) in [6.45, 7) is 2.78. The van der Waals surface area contributed by atoms with Crippen LogP contribution in [0.4, 0.5) is 0 Å². The minimum absolute atomic E-state index is 0.0629. The Kier molecular flexibility index (Phi) is 4.52. The summed E-state index contributed by atoms with van der Waals surface area (Å²) in [7, 11) is 1.88. The minimum atomic E-state index is -0.0879. The van der Waals surface area contributed by atoms with Crippen molar-refractivity contribution < 1.29 is 14.3 Å². The molecule has 0 aliphatic heterocycles. The summed E-state index contributed by atoms with van der Waals surface area (Å²) in [5.41, 5.74) is 1.19. The Balaban J connectivity index is 1.51. The summed E-state index contributed by atoms with van der Waals surface area (Å²) in [4.78, 5) is 12.1. The molecular formula is C17H26N2O3. The number of aryl methyl sites for hydroxylation is 2. The second kappa shape index (κ2) is 6.41. The number of aromatic nitrogens is 2. The van der Waals surface area contributed by atoms with E-state index in [1.54, 1.807) is 10.9 Å². The van der Waals surface area contributed by atoms with Crippen LogP contribution in [-0.4, -0.2) is 34.6 Å². The van der Waals surface area contributed by atoms with E-state index in [2.05, 4.69) is 5.10 Å². The molecule has 2 atom stereocenters. The van der Waals surface area contributed by atoms with Gasteiger partial charge in [0, 0.05) is 38.1 Å². The van der Waals surface area contributed by atoms with E-state index >= 15 is 0 Å². The van der Waals surface area contributed by atoms with E-state index < -0.39 is 0 Å². The van der Waals surface area contributed by atoms with Crippen molar-refractivity contribution in [3.8, 4) is 0 Å².